The molecule has 1 aromatic carbocycles. The van der Waals surface area contributed by atoms with Crippen LogP contribution in [0.2, 0.25) is 0 Å². The average Bonchev–Trinajstić information content (AvgIpc) is 3.22. The van der Waals surface area contributed by atoms with Gasteiger partial charge in [-0.05, 0) is 18.2 Å². The highest BCUT2D eigenvalue weighted by atomic mass is 19.3. The van der Waals surface area contributed by atoms with E-state index in [2.05, 4.69) is 25.8 Å². The lowest BCUT2D eigenvalue weighted by molar-refractivity contribution is -0.120. The van der Waals surface area contributed by atoms with E-state index in [9.17, 15) is 22.4 Å². The molecule has 0 spiro atoms. The first-order valence-electron chi connectivity index (χ1n) is 9.51. The second-order valence-corrected chi connectivity index (χ2v) is 6.82. The van der Waals surface area contributed by atoms with Crippen molar-refractivity contribution in [2.45, 2.75) is 19.5 Å². The molecule has 0 saturated carbocycles. The number of ether oxygens (including phenoxy) is 1. The first kappa shape index (κ1) is 21.5. The Morgan fingerprint density at radius 2 is 1.78 bits per heavy atom. The van der Waals surface area contributed by atoms with Gasteiger partial charge in [-0.3, -0.25) is 4.79 Å². The molecular weight excluding hydrogens is 434 g/mol. The lowest BCUT2D eigenvalue weighted by atomic mass is 10.2. The van der Waals surface area contributed by atoms with E-state index in [0.717, 1.165) is 4.68 Å². The molecule has 3 aromatic rings. The Morgan fingerprint density at radius 3 is 2.41 bits per heavy atom. The van der Waals surface area contributed by atoms with Gasteiger partial charge in [-0.1, -0.05) is 17.3 Å². The van der Waals surface area contributed by atoms with Gasteiger partial charge in [0.2, 0.25) is 11.8 Å². The Morgan fingerprint density at radius 1 is 1.00 bits per heavy atom. The fourth-order valence-corrected chi connectivity index (χ4v) is 3.12. The van der Waals surface area contributed by atoms with E-state index in [4.69, 9.17) is 4.74 Å². The molecule has 9 nitrogen and oxygen atoms in total. The van der Waals surface area contributed by atoms with Crippen LogP contribution in [0.15, 0.2) is 36.4 Å². The maximum absolute atomic E-state index is 13.4. The third kappa shape index (κ3) is 4.60. The third-order valence-corrected chi connectivity index (χ3v) is 4.73. The topological polar surface area (TPSA) is 98.1 Å². The van der Waals surface area contributed by atoms with Gasteiger partial charge >= 0.3 is 0 Å². The number of amides is 1. The van der Waals surface area contributed by atoms with E-state index < -0.39 is 18.5 Å². The molecule has 1 fully saturated rings. The second kappa shape index (κ2) is 9.16. The normalized spacial score (nSPS) is 14.2. The summed E-state index contributed by atoms with van der Waals surface area (Å²) < 4.78 is 59.0. The first-order valence-corrected chi connectivity index (χ1v) is 9.51. The van der Waals surface area contributed by atoms with E-state index in [-0.39, 0.29) is 41.9 Å². The van der Waals surface area contributed by atoms with Gasteiger partial charge in [-0.25, -0.2) is 22.2 Å². The highest BCUT2D eigenvalue weighted by Gasteiger charge is 2.23. The van der Waals surface area contributed by atoms with Crippen molar-refractivity contribution < 1.29 is 27.1 Å². The number of piperazine rings is 1. The highest BCUT2D eigenvalue weighted by Crippen LogP contribution is 2.25. The number of halogens is 4. The summed E-state index contributed by atoms with van der Waals surface area (Å²) in [5.41, 5.74) is -0.574. The number of anilines is 1. The summed E-state index contributed by atoms with van der Waals surface area (Å²) in [6.07, 6.45) is -5.57. The van der Waals surface area contributed by atoms with Gasteiger partial charge < -0.3 is 15.0 Å². The number of aromatic nitrogens is 5. The zero-order valence-electron chi connectivity index (χ0n) is 16.5. The van der Waals surface area contributed by atoms with Crippen LogP contribution in [0.25, 0.3) is 5.69 Å². The van der Waals surface area contributed by atoms with Crippen molar-refractivity contribution in [2.24, 2.45) is 0 Å². The van der Waals surface area contributed by atoms with Crippen LogP contribution in [0.3, 0.4) is 0 Å². The number of carbonyl (C=O) groups excluding carboxylic acids is 1. The van der Waals surface area contributed by atoms with Crippen molar-refractivity contribution in [3.63, 3.8) is 0 Å². The molecule has 1 aliphatic heterocycles. The molecule has 32 heavy (non-hydrogen) atoms. The smallest absolute Gasteiger partial charge is 0.284 e. The van der Waals surface area contributed by atoms with Crippen molar-refractivity contribution in [1.29, 1.82) is 0 Å². The number of carbonyl (C=O) groups is 1. The summed E-state index contributed by atoms with van der Waals surface area (Å²) in [7, 11) is 0. The summed E-state index contributed by atoms with van der Waals surface area (Å²) >= 11 is 0. The number of rotatable bonds is 7. The summed E-state index contributed by atoms with van der Waals surface area (Å²) in [4.78, 5) is 13.2. The number of benzene rings is 1. The summed E-state index contributed by atoms with van der Waals surface area (Å²) in [5, 5.41) is 17.9. The van der Waals surface area contributed by atoms with E-state index in [0.29, 0.717) is 18.9 Å². The van der Waals surface area contributed by atoms with Gasteiger partial charge in [-0.2, -0.15) is 0 Å². The van der Waals surface area contributed by atoms with Crippen LogP contribution in [0, 0.1) is 0 Å². The van der Waals surface area contributed by atoms with Crippen LogP contribution in [-0.4, -0.2) is 50.7 Å². The van der Waals surface area contributed by atoms with Gasteiger partial charge in [0, 0.05) is 24.7 Å². The first-order chi connectivity index (χ1) is 15.4. The predicted octanol–water partition coefficient (Wildman–Crippen LogP) is 2.45. The van der Waals surface area contributed by atoms with Crippen molar-refractivity contribution in [3.05, 3.63) is 53.3 Å². The lowest BCUT2D eigenvalue weighted by Crippen LogP contribution is -2.48. The molecule has 0 radical (unpaired) electrons. The lowest BCUT2D eigenvalue weighted by Gasteiger charge is -2.27. The Labute approximate surface area is 179 Å². The Kier molecular flexibility index (Phi) is 6.14. The largest absolute Gasteiger partial charge is 0.470 e. The molecule has 3 heterocycles. The Hall–Kier alpha value is -3.77. The molecule has 1 amide bonds. The van der Waals surface area contributed by atoms with Crippen molar-refractivity contribution in [3.8, 4) is 11.6 Å². The van der Waals surface area contributed by atoms with Gasteiger partial charge in [0.05, 0.1) is 12.2 Å². The molecule has 1 N–H and O–H groups in total. The predicted molar refractivity (Wildman–Crippen MR) is 103 cm³/mol. The molecule has 0 unspecified atom stereocenters. The summed E-state index contributed by atoms with van der Waals surface area (Å²) in [5.74, 6) is 0.419. The molecule has 2 aromatic heterocycles. The number of hydrogen-bond donors (Lipinski definition) is 1. The number of hydrogen-bond acceptors (Lipinski definition) is 7. The molecule has 13 heteroatoms. The van der Waals surface area contributed by atoms with E-state index in [1.54, 1.807) is 11.0 Å². The summed E-state index contributed by atoms with van der Waals surface area (Å²) in [6.45, 7) is 0.864. The number of alkyl halides is 4. The van der Waals surface area contributed by atoms with E-state index >= 15 is 0 Å². The monoisotopic (exact) mass is 451 g/mol. The average molecular weight is 451 g/mol. The van der Waals surface area contributed by atoms with Crippen molar-refractivity contribution in [2.75, 3.05) is 24.5 Å². The van der Waals surface area contributed by atoms with Gasteiger partial charge in [-0.15, -0.1) is 15.3 Å². The standard InChI is InChI=1S/C19H17F4N7O2/c20-18(21)11-1-3-12(4-2-11)30-13(17(19(22)23)27-28-30)10-32-16-6-5-14(25-26-16)29-8-7-24-15(31)9-29/h1-6,18-19H,7-10H2,(H,24,31). The maximum Gasteiger partial charge on any atom is 0.284 e. The molecule has 4 rings (SSSR count). The zero-order chi connectivity index (χ0) is 22.7. The van der Waals surface area contributed by atoms with Crippen LogP contribution in [0.4, 0.5) is 23.4 Å². The van der Waals surface area contributed by atoms with E-state index in [1.807, 2.05) is 0 Å². The molecule has 0 aliphatic carbocycles. The minimum absolute atomic E-state index is 0.0524. The molecule has 168 valence electrons. The van der Waals surface area contributed by atoms with Crippen LogP contribution in [0.1, 0.15) is 29.8 Å². The molecule has 1 saturated heterocycles. The quantitative estimate of drug-likeness (QED) is 0.551. The minimum atomic E-state index is -2.92. The van der Waals surface area contributed by atoms with Gasteiger partial charge in [0.15, 0.2) is 11.5 Å². The molecule has 0 atom stereocenters. The summed E-state index contributed by atoms with van der Waals surface area (Å²) in [6, 6.07) is 8.13. The van der Waals surface area contributed by atoms with Crippen LogP contribution in [0.5, 0.6) is 5.88 Å². The SMILES string of the molecule is O=C1CN(c2ccc(OCc3c(C(F)F)nnn3-c3ccc(C(F)F)cc3)nn2)CCN1. The maximum atomic E-state index is 13.4. The Balaban J connectivity index is 1.51. The molecule has 0 bridgehead atoms. The highest BCUT2D eigenvalue weighted by molar-refractivity contribution is 5.82. The molecule has 1 aliphatic rings. The number of nitrogens with zero attached hydrogens (tertiary/aromatic N) is 6. The number of nitrogens with one attached hydrogen (secondary N) is 1. The van der Waals surface area contributed by atoms with Crippen LogP contribution in [-0.2, 0) is 11.4 Å². The molecular formula is C19H17F4N7O2. The third-order valence-electron chi connectivity index (χ3n) is 4.73. The fraction of sp³-hybridized carbons (Fsp3) is 0.316. The van der Waals surface area contributed by atoms with E-state index in [1.165, 1.54) is 30.3 Å². The Bertz CT molecular complexity index is 1070. The minimum Gasteiger partial charge on any atom is -0.470 e. The fourth-order valence-electron chi connectivity index (χ4n) is 3.12. The van der Waals surface area contributed by atoms with Crippen molar-refractivity contribution in [1.82, 2.24) is 30.5 Å². The van der Waals surface area contributed by atoms with Crippen LogP contribution >= 0.6 is 0 Å². The second-order valence-electron chi connectivity index (χ2n) is 6.82. The van der Waals surface area contributed by atoms with Gasteiger partial charge in [0.1, 0.15) is 12.3 Å². The van der Waals surface area contributed by atoms with Crippen molar-refractivity contribution >= 4 is 11.7 Å². The zero-order valence-corrected chi connectivity index (χ0v) is 16.5. The van der Waals surface area contributed by atoms with Crippen LogP contribution < -0.4 is 15.0 Å². The van der Waals surface area contributed by atoms with Gasteiger partial charge in [0.25, 0.3) is 12.9 Å².